The van der Waals surface area contributed by atoms with Crippen molar-refractivity contribution >= 4 is 12.2 Å². The first-order valence-corrected chi connectivity index (χ1v) is 7.20. The molecule has 22 heavy (non-hydrogen) atoms. The van der Waals surface area contributed by atoms with Crippen molar-refractivity contribution in [1.82, 2.24) is 0 Å². The van der Waals surface area contributed by atoms with Crippen molar-refractivity contribution in [2.75, 3.05) is 19.8 Å². The van der Waals surface area contributed by atoms with Gasteiger partial charge in [-0.1, -0.05) is 30.4 Å². The smallest absolute Gasteiger partial charge is 0.161 e. The number of aliphatic hydroxyl groups is 1. The molecule has 4 heteroatoms. The molecule has 0 aliphatic heterocycles. The minimum Gasteiger partial charge on any atom is -0.504 e. The maximum absolute atomic E-state index is 9.68. The minimum absolute atomic E-state index is 0.0617. The van der Waals surface area contributed by atoms with Crippen LogP contribution in [-0.2, 0) is 0 Å². The van der Waals surface area contributed by atoms with Gasteiger partial charge in [-0.2, -0.15) is 0 Å². The Morgan fingerprint density at radius 3 is 2.32 bits per heavy atom. The maximum atomic E-state index is 9.68. The molecule has 0 radical (unpaired) electrons. The molecule has 0 bridgehead atoms. The normalized spacial score (nSPS) is 10.8. The molecule has 2 aromatic rings. The van der Waals surface area contributed by atoms with Gasteiger partial charge >= 0.3 is 0 Å². The Bertz CT molecular complexity index is 617. The highest BCUT2D eigenvalue weighted by atomic mass is 16.5. The first-order valence-electron chi connectivity index (χ1n) is 7.20. The summed E-state index contributed by atoms with van der Waals surface area (Å²) in [5, 5.41) is 18.5. The quantitative estimate of drug-likeness (QED) is 0.770. The van der Waals surface area contributed by atoms with Crippen LogP contribution >= 0.6 is 0 Å². The lowest BCUT2D eigenvalue weighted by molar-refractivity contribution is 0.197. The lowest BCUT2D eigenvalue weighted by Crippen LogP contribution is -2.01. The van der Waals surface area contributed by atoms with Crippen LogP contribution in [0.2, 0.25) is 0 Å². The second kappa shape index (κ2) is 8.10. The van der Waals surface area contributed by atoms with Crippen molar-refractivity contribution in [2.45, 2.75) is 6.92 Å². The molecule has 0 unspecified atom stereocenters. The second-order valence-electron chi connectivity index (χ2n) is 4.63. The average Bonchev–Trinajstić information content (AvgIpc) is 2.54. The highest BCUT2D eigenvalue weighted by molar-refractivity contribution is 5.71. The summed E-state index contributed by atoms with van der Waals surface area (Å²) in [5.74, 6) is 1.28. The highest BCUT2D eigenvalue weighted by Crippen LogP contribution is 2.27. The largest absolute Gasteiger partial charge is 0.504 e. The van der Waals surface area contributed by atoms with Crippen LogP contribution in [0.5, 0.6) is 17.2 Å². The number of phenolic OH excluding ortho intramolecular Hbond substituents is 1. The predicted octanol–water partition coefficient (Wildman–Crippen LogP) is 3.33. The Labute approximate surface area is 130 Å². The van der Waals surface area contributed by atoms with Gasteiger partial charge in [0.15, 0.2) is 11.5 Å². The van der Waals surface area contributed by atoms with Crippen molar-refractivity contribution in [3.05, 3.63) is 53.6 Å². The summed E-state index contributed by atoms with van der Waals surface area (Å²) in [4.78, 5) is 0. The van der Waals surface area contributed by atoms with E-state index < -0.39 is 0 Å². The third kappa shape index (κ3) is 4.53. The van der Waals surface area contributed by atoms with E-state index in [2.05, 4.69) is 0 Å². The lowest BCUT2D eigenvalue weighted by atomic mass is 10.1. The summed E-state index contributed by atoms with van der Waals surface area (Å²) in [6, 6.07) is 12.9. The summed E-state index contributed by atoms with van der Waals surface area (Å²) in [6.07, 6.45) is 3.90. The molecule has 2 N–H and O–H groups in total. The van der Waals surface area contributed by atoms with Crippen LogP contribution in [0, 0.1) is 0 Å². The summed E-state index contributed by atoms with van der Waals surface area (Å²) in [5.41, 5.74) is 1.95. The summed E-state index contributed by atoms with van der Waals surface area (Å²) < 4.78 is 10.7. The van der Waals surface area contributed by atoms with Crippen molar-refractivity contribution in [2.24, 2.45) is 0 Å². The standard InChI is InChI=1S/C18H20O4/c1-2-21-16-8-5-14(6-9-16)3-4-15-7-10-17(20)18(13-15)22-12-11-19/h3-10,13,19-20H,2,11-12H2,1H3/b4-3+. The van der Waals surface area contributed by atoms with E-state index in [-0.39, 0.29) is 19.0 Å². The van der Waals surface area contributed by atoms with Gasteiger partial charge in [0.1, 0.15) is 12.4 Å². The summed E-state index contributed by atoms with van der Waals surface area (Å²) >= 11 is 0. The first kappa shape index (κ1) is 15.9. The summed E-state index contributed by atoms with van der Waals surface area (Å²) in [6.45, 7) is 2.67. The molecular formula is C18H20O4. The van der Waals surface area contributed by atoms with E-state index in [1.807, 2.05) is 43.3 Å². The zero-order valence-electron chi connectivity index (χ0n) is 12.5. The van der Waals surface area contributed by atoms with Gasteiger partial charge < -0.3 is 19.7 Å². The average molecular weight is 300 g/mol. The van der Waals surface area contributed by atoms with Gasteiger partial charge in [0.2, 0.25) is 0 Å². The SMILES string of the molecule is CCOc1ccc(/C=C/c2ccc(O)c(OCCO)c2)cc1. The number of aliphatic hydroxyl groups excluding tert-OH is 1. The van der Waals surface area contributed by atoms with Crippen molar-refractivity contribution in [3.63, 3.8) is 0 Å². The minimum atomic E-state index is -0.0916. The van der Waals surface area contributed by atoms with Gasteiger partial charge in [-0.25, -0.2) is 0 Å². The zero-order chi connectivity index (χ0) is 15.8. The molecular weight excluding hydrogens is 280 g/mol. The molecule has 0 spiro atoms. The van der Waals surface area contributed by atoms with Gasteiger partial charge in [-0.15, -0.1) is 0 Å². The maximum Gasteiger partial charge on any atom is 0.161 e. The third-order valence-corrected chi connectivity index (χ3v) is 2.99. The van der Waals surface area contributed by atoms with E-state index in [0.717, 1.165) is 16.9 Å². The van der Waals surface area contributed by atoms with Crippen molar-refractivity contribution < 1.29 is 19.7 Å². The number of aromatic hydroxyl groups is 1. The van der Waals surface area contributed by atoms with Crippen LogP contribution < -0.4 is 9.47 Å². The van der Waals surface area contributed by atoms with Gasteiger partial charge in [-0.05, 0) is 42.3 Å². The van der Waals surface area contributed by atoms with Crippen molar-refractivity contribution in [1.29, 1.82) is 0 Å². The molecule has 2 aromatic carbocycles. The van der Waals surface area contributed by atoms with Gasteiger partial charge in [0, 0.05) is 0 Å². The van der Waals surface area contributed by atoms with E-state index in [9.17, 15) is 5.11 Å². The van der Waals surface area contributed by atoms with E-state index >= 15 is 0 Å². The van der Waals surface area contributed by atoms with E-state index in [4.69, 9.17) is 14.6 Å². The van der Waals surface area contributed by atoms with Crippen LogP contribution in [0.3, 0.4) is 0 Å². The Morgan fingerprint density at radius 1 is 0.955 bits per heavy atom. The number of rotatable bonds is 7. The fourth-order valence-corrected chi connectivity index (χ4v) is 1.94. The topological polar surface area (TPSA) is 58.9 Å². The molecule has 0 aromatic heterocycles. The number of ether oxygens (including phenoxy) is 2. The fraction of sp³-hybridized carbons (Fsp3) is 0.222. The Morgan fingerprint density at radius 2 is 1.64 bits per heavy atom. The molecule has 0 fully saturated rings. The monoisotopic (exact) mass is 300 g/mol. The molecule has 116 valence electrons. The van der Waals surface area contributed by atoms with Crippen LogP contribution in [0.1, 0.15) is 18.1 Å². The highest BCUT2D eigenvalue weighted by Gasteiger charge is 2.02. The zero-order valence-corrected chi connectivity index (χ0v) is 12.5. The molecule has 0 saturated carbocycles. The van der Waals surface area contributed by atoms with Crippen LogP contribution in [0.25, 0.3) is 12.2 Å². The van der Waals surface area contributed by atoms with Gasteiger partial charge in [0.05, 0.1) is 13.2 Å². The van der Waals surface area contributed by atoms with Crippen molar-refractivity contribution in [3.8, 4) is 17.2 Å². The van der Waals surface area contributed by atoms with Crippen LogP contribution in [0.15, 0.2) is 42.5 Å². The van der Waals surface area contributed by atoms with E-state index in [0.29, 0.717) is 12.4 Å². The molecule has 0 amide bonds. The molecule has 0 saturated heterocycles. The molecule has 0 aliphatic carbocycles. The molecule has 2 rings (SSSR count). The van der Waals surface area contributed by atoms with Gasteiger partial charge in [-0.3, -0.25) is 0 Å². The predicted molar refractivity (Wildman–Crippen MR) is 87.2 cm³/mol. The fourth-order valence-electron chi connectivity index (χ4n) is 1.94. The molecule has 4 nitrogen and oxygen atoms in total. The van der Waals surface area contributed by atoms with Crippen LogP contribution in [-0.4, -0.2) is 30.0 Å². The first-order chi connectivity index (χ1) is 10.7. The molecule has 0 aliphatic rings. The Kier molecular flexibility index (Phi) is 5.86. The Hall–Kier alpha value is -2.46. The van der Waals surface area contributed by atoms with E-state index in [1.54, 1.807) is 18.2 Å². The lowest BCUT2D eigenvalue weighted by Gasteiger charge is -2.07. The summed E-state index contributed by atoms with van der Waals surface area (Å²) in [7, 11) is 0. The van der Waals surface area contributed by atoms with Gasteiger partial charge in [0.25, 0.3) is 0 Å². The molecule has 0 heterocycles. The van der Waals surface area contributed by atoms with Crippen LogP contribution in [0.4, 0.5) is 0 Å². The number of hydrogen-bond donors (Lipinski definition) is 2. The third-order valence-electron chi connectivity index (χ3n) is 2.99. The van der Waals surface area contributed by atoms with E-state index in [1.165, 1.54) is 0 Å². The number of benzene rings is 2. The number of hydrogen-bond acceptors (Lipinski definition) is 4. The Balaban J connectivity index is 2.08. The molecule has 0 atom stereocenters. The number of phenols is 1. The second-order valence-corrected chi connectivity index (χ2v) is 4.63.